The number of carbonyl (C=O) groups is 2. The highest BCUT2D eigenvalue weighted by molar-refractivity contribution is 5.86. The number of hydrogen-bond donors (Lipinski definition) is 4. The van der Waals surface area contributed by atoms with Crippen LogP contribution >= 0.6 is 0 Å². The molecule has 1 aromatic heterocycles. The molecule has 0 radical (unpaired) electrons. The first kappa shape index (κ1) is 22.3. The second-order valence-electron chi connectivity index (χ2n) is 7.65. The molecule has 27 heavy (non-hydrogen) atoms. The Balaban J connectivity index is 2.35. The Morgan fingerprint density at radius 1 is 1.15 bits per heavy atom. The molecule has 0 spiro atoms. The highest BCUT2D eigenvalue weighted by Gasteiger charge is 2.24. The molecule has 152 valence electrons. The standard InChI is InChI=1S/C18H31N5O4/c1-17(2,3)27-16(25)23-18(4,5)12-22-15(19-6)21-11-14(24)20-10-13-8-7-9-26-13/h7-9H,10-12H2,1-6H3,(H,20,24)(H,23,25)(H2,19,21,22). The van der Waals surface area contributed by atoms with E-state index in [4.69, 9.17) is 9.15 Å². The molecule has 0 saturated heterocycles. The Kier molecular flexibility index (Phi) is 8.14. The summed E-state index contributed by atoms with van der Waals surface area (Å²) >= 11 is 0. The predicted molar refractivity (Wildman–Crippen MR) is 103 cm³/mol. The molecule has 1 rings (SSSR count). The van der Waals surface area contributed by atoms with E-state index >= 15 is 0 Å². The van der Waals surface area contributed by atoms with Gasteiger partial charge in [0.1, 0.15) is 11.4 Å². The highest BCUT2D eigenvalue weighted by atomic mass is 16.6. The monoisotopic (exact) mass is 381 g/mol. The number of ether oxygens (including phenoxy) is 1. The Bertz CT molecular complexity index is 633. The first-order valence-corrected chi connectivity index (χ1v) is 8.75. The van der Waals surface area contributed by atoms with E-state index in [0.29, 0.717) is 24.8 Å². The number of nitrogens with zero attached hydrogens (tertiary/aromatic N) is 1. The minimum absolute atomic E-state index is 0.0559. The average molecular weight is 381 g/mol. The normalized spacial score (nSPS) is 12.3. The Morgan fingerprint density at radius 3 is 2.41 bits per heavy atom. The summed E-state index contributed by atoms with van der Waals surface area (Å²) in [5, 5.41) is 11.5. The van der Waals surface area contributed by atoms with E-state index in [2.05, 4.69) is 26.3 Å². The van der Waals surface area contributed by atoms with E-state index in [1.54, 1.807) is 46.2 Å². The molecule has 4 N–H and O–H groups in total. The fraction of sp³-hybridized carbons (Fsp3) is 0.611. The zero-order valence-electron chi connectivity index (χ0n) is 16.9. The largest absolute Gasteiger partial charge is 0.467 e. The second kappa shape index (κ2) is 9.84. The van der Waals surface area contributed by atoms with E-state index in [1.165, 1.54) is 0 Å². The Hall–Kier alpha value is -2.71. The van der Waals surface area contributed by atoms with Gasteiger partial charge in [-0.3, -0.25) is 9.79 Å². The van der Waals surface area contributed by atoms with Crippen LogP contribution in [-0.2, 0) is 16.1 Å². The van der Waals surface area contributed by atoms with Crippen LogP contribution in [0.5, 0.6) is 0 Å². The van der Waals surface area contributed by atoms with Crippen LogP contribution in [0.4, 0.5) is 4.79 Å². The van der Waals surface area contributed by atoms with Crippen LogP contribution in [0.2, 0.25) is 0 Å². The molecule has 2 amide bonds. The van der Waals surface area contributed by atoms with Gasteiger partial charge >= 0.3 is 6.09 Å². The molecule has 0 aliphatic rings. The lowest BCUT2D eigenvalue weighted by Gasteiger charge is -2.29. The van der Waals surface area contributed by atoms with Crippen molar-refractivity contribution in [3.63, 3.8) is 0 Å². The Labute approximate surface area is 160 Å². The highest BCUT2D eigenvalue weighted by Crippen LogP contribution is 2.09. The molecule has 0 aliphatic carbocycles. The molecule has 9 nitrogen and oxygen atoms in total. The quantitative estimate of drug-likeness (QED) is 0.419. The van der Waals surface area contributed by atoms with Gasteiger partial charge in [0.05, 0.1) is 24.9 Å². The van der Waals surface area contributed by atoms with E-state index in [0.717, 1.165) is 0 Å². The summed E-state index contributed by atoms with van der Waals surface area (Å²) in [6, 6.07) is 3.55. The molecule has 9 heteroatoms. The van der Waals surface area contributed by atoms with Crippen molar-refractivity contribution < 1.29 is 18.7 Å². The van der Waals surface area contributed by atoms with E-state index in [-0.39, 0.29) is 12.5 Å². The first-order valence-electron chi connectivity index (χ1n) is 8.75. The van der Waals surface area contributed by atoms with Gasteiger partial charge in [-0.15, -0.1) is 0 Å². The topological polar surface area (TPSA) is 117 Å². The van der Waals surface area contributed by atoms with Crippen molar-refractivity contribution in [2.45, 2.75) is 52.3 Å². The number of guanidine groups is 1. The van der Waals surface area contributed by atoms with Crippen LogP contribution in [-0.4, -0.2) is 49.2 Å². The Morgan fingerprint density at radius 2 is 1.85 bits per heavy atom. The van der Waals surface area contributed by atoms with E-state index in [1.807, 2.05) is 13.8 Å². The number of rotatable bonds is 7. The SMILES string of the molecule is CN=C(NCC(=O)NCc1ccco1)NCC(C)(C)NC(=O)OC(C)(C)C. The molecule has 0 aromatic carbocycles. The summed E-state index contributed by atoms with van der Waals surface area (Å²) in [7, 11) is 1.60. The maximum Gasteiger partial charge on any atom is 0.408 e. The van der Waals surface area contributed by atoms with Gasteiger partial charge in [0, 0.05) is 13.6 Å². The number of hydrogen-bond acceptors (Lipinski definition) is 5. The molecular weight excluding hydrogens is 350 g/mol. The minimum atomic E-state index is -0.582. The van der Waals surface area contributed by atoms with Gasteiger partial charge < -0.3 is 30.4 Å². The van der Waals surface area contributed by atoms with E-state index < -0.39 is 17.2 Å². The molecule has 0 atom stereocenters. The number of nitrogens with one attached hydrogen (secondary N) is 4. The molecule has 0 bridgehead atoms. The van der Waals surface area contributed by atoms with Gasteiger partial charge in [-0.1, -0.05) is 0 Å². The maximum absolute atomic E-state index is 11.9. The van der Waals surface area contributed by atoms with Crippen molar-refractivity contribution in [3.05, 3.63) is 24.2 Å². The van der Waals surface area contributed by atoms with Gasteiger partial charge in [0.25, 0.3) is 0 Å². The number of aliphatic imine (C=N–C) groups is 1. The zero-order valence-corrected chi connectivity index (χ0v) is 16.9. The number of amides is 2. The first-order chi connectivity index (χ1) is 12.5. The molecule has 0 saturated carbocycles. The fourth-order valence-corrected chi connectivity index (χ4v) is 1.97. The van der Waals surface area contributed by atoms with Crippen molar-refractivity contribution in [1.82, 2.24) is 21.3 Å². The van der Waals surface area contributed by atoms with Crippen LogP contribution < -0.4 is 21.3 Å². The summed E-state index contributed by atoms with van der Waals surface area (Å²) in [5.41, 5.74) is -1.14. The molecule has 0 aliphatic heterocycles. The van der Waals surface area contributed by atoms with Crippen molar-refractivity contribution in [2.75, 3.05) is 20.1 Å². The number of carbonyl (C=O) groups excluding carboxylic acids is 2. The van der Waals surface area contributed by atoms with Gasteiger partial charge in [-0.25, -0.2) is 4.79 Å². The summed E-state index contributed by atoms with van der Waals surface area (Å²) in [5.74, 6) is 0.934. The summed E-state index contributed by atoms with van der Waals surface area (Å²) in [4.78, 5) is 27.8. The van der Waals surface area contributed by atoms with Crippen molar-refractivity contribution >= 4 is 18.0 Å². The van der Waals surface area contributed by atoms with Crippen molar-refractivity contribution in [1.29, 1.82) is 0 Å². The van der Waals surface area contributed by atoms with Crippen LogP contribution in [0.1, 0.15) is 40.4 Å². The number of furan rings is 1. The van der Waals surface area contributed by atoms with Crippen LogP contribution in [0.25, 0.3) is 0 Å². The number of alkyl carbamates (subject to hydrolysis) is 1. The van der Waals surface area contributed by atoms with Gasteiger partial charge in [-0.05, 0) is 46.8 Å². The predicted octanol–water partition coefficient (Wildman–Crippen LogP) is 1.36. The average Bonchev–Trinajstić information content (AvgIpc) is 3.04. The minimum Gasteiger partial charge on any atom is -0.467 e. The summed E-state index contributed by atoms with van der Waals surface area (Å²) in [6.45, 7) is 9.90. The van der Waals surface area contributed by atoms with Gasteiger partial charge in [0.15, 0.2) is 5.96 Å². The lowest BCUT2D eigenvalue weighted by molar-refractivity contribution is -0.120. The summed E-state index contributed by atoms with van der Waals surface area (Å²) < 4.78 is 10.4. The third kappa shape index (κ3) is 10.1. The molecule has 1 aromatic rings. The van der Waals surface area contributed by atoms with Crippen molar-refractivity contribution in [2.24, 2.45) is 4.99 Å². The fourth-order valence-electron chi connectivity index (χ4n) is 1.97. The smallest absolute Gasteiger partial charge is 0.408 e. The van der Waals surface area contributed by atoms with E-state index in [9.17, 15) is 9.59 Å². The molecule has 1 heterocycles. The maximum atomic E-state index is 11.9. The van der Waals surface area contributed by atoms with Crippen LogP contribution in [0.3, 0.4) is 0 Å². The lowest BCUT2D eigenvalue weighted by atomic mass is 10.1. The van der Waals surface area contributed by atoms with Crippen molar-refractivity contribution in [3.8, 4) is 0 Å². The van der Waals surface area contributed by atoms with Gasteiger partial charge in [0.2, 0.25) is 5.91 Å². The molecule has 0 unspecified atom stereocenters. The van der Waals surface area contributed by atoms with Crippen LogP contribution in [0, 0.1) is 0 Å². The third-order valence-electron chi connectivity index (χ3n) is 3.22. The van der Waals surface area contributed by atoms with Gasteiger partial charge in [-0.2, -0.15) is 0 Å². The molecular formula is C18H31N5O4. The summed E-state index contributed by atoms with van der Waals surface area (Å²) in [6.07, 6.45) is 1.06. The van der Waals surface area contributed by atoms with Crippen LogP contribution in [0.15, 0.2) is 27.8 Å². The second-order valence-corrected chi connectivity index (χ2v) is 7.65. The lowest BCUT2D eigenvalue weighted by Crippen LogP contribution is -2.54. The third-order valence-corrected chi connectivity index (χ3v) is 3.22. The molecule has 0 fully saturated rings. The zero-order chi connectivity index (χ0) is 20.5.